The van der Waals surface area contributed by atoms with Gasteiger partial charge in [0.2, 0.25) is 0 Å². The summed E-state index contributed by atoms with van der Waals surface area (Å²) in [4.78, 5) is 6.72. The number of nitrogens with two attached hydrogens (primary N) is 1. The summed E-state index contributed by atoms with van der Waals surface area (Å²) in [5.41, 5.74) is 6.56. The zero-order valence-electron chi connectivity index (χ0n) is 9.82. The minimum absolute atomic E-state index is 0.385. The predicted molar refractivity (Wildman–Crippen MR) is 67.4 cm³/mol. The van der Waals surface area contributed by atoms with Gasteiger partial charge in [0.1, 0.15) is 5.82 Å². The fraction of sp³-hybridized carbons (Fsp3) is 0.583. The summed E-state index contributed by atoms with van der Waals surface area (Å²) in [7, 11) is 0. The quantitative estimate of drug-likeness (QED) is 0.808. The first-order chi connectivity index (χ1) is 7.75. The molecule has 88 valence electrons. The number of aromatic nitrogens is 1. The third kappa shape index (κ3) is 2.85. The van der Waals surface area contributed by atoms with Crippen LogP contribution >= 0.6 is 0 Å². The highest BCUT2D eigenvalue weighted by atomic mass is 15.2. The number of anilines is 2. The minimum Gasteiger partial charge on any atom is -0.396 e. The molecule has 1 fully saturated rings. The molecule has 0 saturated carbocycles. The van der Waals surface area contributed by atoms with Crippen molar-refractivity contribution in [2.24, 2.45) is 0 Å². The molecule has 2 heterocycles. The van der Waals surface area contributed by atoms with Gasteiger partial charge in [-0.25, -0.2) is 4.98 Å². The number of hydrogen-bond donors (Lipinski definition) is 2. The van der Waals surface area contributed by atoms with Crippen molar-refractivity contribution in [2.45, 2.75) is 25.8 Å². The van der Waals surface area contributed by atoms with Crippen LogP contribution in [0.1, 0.15) is 19.8 Å². The van der Waals surface area contributed by atoms with Gasteiger partial charge >= 0.3 is 0 Å². The maximum atomic E-state index is 5.84. The van der Waals surface area contributed by atoms with E-state index in [-0.39, 0.29) is 0 Å². The van der Waals surface area contributed by atoms with Crippen molar-refractivity contribution in [1.82, 2.24) is 9.88 Å². The maximum absolute atomic E-state index is 5.84. The van der Waals surface area contributed by atoms with Crippen molar-refractivity contribution < 1.29 is 0 Å². The second kappa shape index (κ2) is 5.16. The van der Waals surface area contributed by atoms with E-state index >= 15 is 0 Å². The molecule has 0 bridgehead atoms. The monoisotopic (exact) mass is 220 g/mol. The molecule has 1 aromatic rings. The van der Waals surface area contributed by atoms with E-state index in [1.54, 1.807) is 6.20 Å². The van der Waals surface area contributed by atoms with Crippen molar-refractivity contribution in [3.63, 3.8) is 0 Å². The van der Waals surface area contributed by atoms with Crippen LogP contribution in [0.3, 0.4) is 0 Å². The topological polar surface area (TPSA) is 54.2 Å². The van der Waals surface area contributed by atoms with Crippen LogP contribution in [0.5, 0.6) is 0 Å². The molecule has 1 aromatic heterocycles. The van der Waals surface area contributed by atoms with E-state index in [2.05, 4.69) is 22.1 Å². The first-order valence-corrected chi connectivity index (χ1v) is 5.95. The fourth-order valence-corrected chi connectivity index (χ4v) is 2.17. The summed E-state index contributed by atoms with van der Waals surface area (Å²) < 4.78 is 0. The van der Waals surface area contributed by atoms with Gasteiger partial charge in [-0.1, -0.05) is 0 Å². The van der Waals surface area contributed by atoms with Crippen molar-refractivity contribution in [3.8, 4) is 0 Å². The molecule has 0 aromatic carbocycles. The van der Waals surface area contributed by atoms with Crippen molar-refractivity contribution in [1.29, 1.82) is 0 Å². The Labute approximate surface area is 96.8 Å². The van der Waals surface area contributed by atoms with Crippen LogP contribution in [-0.4, -0.2) is 35.6 Å². The Bertz CT molecular complexity index is 334. The van der Waals surface area contributed by atoms with Crippen molar-refractivity contribution in [2.75, 3.05) is 30.7 Å². The van der Waals surface area contributed by atoms with Gasteiger partial charge in [-0.05, 0) is 45.0 Å². The molecule has 1 unspecified atom stereocenters. The highest BCUT2D eigenvalue weighted by Crippen LogP contribution is 2.15. The zero-order chi connectivity index (χ0) is 11.4. The van der Waals surface area contributed by atoms with Crippen LogP contribution in [0.2, 0.25) is 0 Å². The number of hydrogen-bond acceptors (Lipinski definition) is 4. The highest BCUT2D eigenvalue weighted by Gasteiger charge is 2.15. The van der Waals surface area contributed by atoms with E-state index in [0.717, 1.165) is 18.1 Å². The van der Waals surface area contributed by atoms with Gasteiger partial charge in [0.25, 0.3) is 0 Å². The van der Waals surface area contributed by atoms with E-state index < -0.39 is 0 Å². The Morgan fingerprint density at radius 1 is 1.50 bits per heavy atom. The summed E-state index contributed by atoms with van der Waals surface area (Å²) >= 11 is 0. The molecule has 1 aliphatic rings. The van der Waals surface area contributed by atoms with E-state index in [1.165, 1.54) is 25.9 Å². The lowest BCUT2D eigenvalue weighted by Gasteiger charge is -2.22. The minimum atomic E-state index is 0.385. The SMILES string of the molecule is CC(CN1CCCC1)Nc1ncccc1N. The van der Waals surface area contributed by atoms with Crippen LogP contribution in [0.15, 0.2) is 18.3 Å². The van der Waals surface area contributed by atoms with Gasteiger partial charge in [0, 0.05) is 18.8 Å². The Morgan fingerprint density at radius 3 is 2.94 bits per heavy atom. The first-order valence-electron chi connectivity index (χ1n) is 5.95. The van der Waals surface area contributed by atoms with E-state index in [0.29, 0.717) is 6.04 Å². The van der Waals surface area contributed by atoms with Crippen LogP contribution in [0.4, 0.5) is 11.5 Å². The van der Waals surface area contributed by atoms with E-state index in [9.17, 15) is 0 Å². The molecule has 2 rings (SSSR count). The molecule has 1 aliphatic heterocycles. The number of nitrogens with one attached hydrogen (secondary N) is 1. The summed E-state index contributed by atoms with van der Waals surface area (Å²) in [6.45, 7) is 5.69. The van der Waals surface area contributed by atoms with Crippen molar-refractivity contribution in [3.05, 3.63) is 18.3 Å². The summed E-state index contributed by atoms with van der Waals surface area (Å²) in [6, 6.07) is 4.11. The molecule has 16 heavy (non-hydrogen) atoms. The zero-order valence-corrected chi connectivity index (χ0v) is 9.82. The Kier molecular flexibility index (Phi) is 3.62. The van der Waals surface area contributed by atoms with Crippen LogP contribution in [0.25, 0.3) is 0 Å². The fourth-order valence-electron chi connectivity index (χ4n) is 2.17. The molecule has 0 radical (unpaired) electrons. The first kappa shape index (κ1) is 11.2. The van der Waals surface area contributed by atoms with E-state index in [1.807, 2.05) is 12.1 Å². The number of nitrogen functional groups attached to an aromatic ring is 1. The molecule has 4 nitrogen and oxygen atoms in total. The lowest BCUT2D eigenvalue weighted by Crippen LogP contribution is -2.33. The van der Waals surface area contributed by atoms with Gasteiger partial charge in [-0.15, -0.1) is 0 Å². The van der Waals surface area contributed by atoms with Gasteiger partial charge in [0.05, 0.1) is 5.69 Å². The Hall–Kier alpha value is -1.29. The number of pyridine rings is 1. The van der Waals surface area contributed by atoms with Crippen LogP contribution in [0, 0.1) is 0 Å². The molecular formula is C12H20N4. The van der Waals surface area contributed by atoms with Gasteiger partial charge in [-0.2, -0.15) is 0 Å². The average Bonchev–Trinajstić information content (AvgIpc) is 2.74. The third-order valence-electron chi connectivity index (χ3n) is 2.95. The smallest absolute Gasteiger partial charge is 0.149 e. The molecule has 4 heteroatoms. The van der Waals surface area contributed by atoms with Crippen LogP contribution < -0.4 is 11.1 Å². The van der Waals surface area contributed by atoms with Gasteiger partial charge < -0.3 is 16.0 Å². The van der Waals surface area contributed by atoms with Gasteiger partial charge in [-0.3, -0.25) is 0 Å². The summed E-state index contributed by atoms with van der Waals surface area (Å²) in [5, 5.41) is 3.36. The van der Waals surface area contributed by atoms with Gasteiger partial charge in [0.15, 0.2) is 0 Å². The lowest BCUT2D eigenvalue weighted by molar-refractivity contribution is 0.327. The standard InChI is InChI=1S/C12H20N4/c1-10(9-16-7-2-3-8-16)15-12-11(13)5-4-6-14-12/h4-6,10H,2-3,7-9,13H2,1H3,(H,14,15). The molecule has 0 spiro atoms. The normalized spacial score (nSPS) is 18.6. The maximum Gasteiger partial charge on any atom is 0.149 e. The number of nitrogens with zero attached hydrogens (tertiary/aromatic N) is 2. The second-order valence-corrected chi connectivity index (χ2v) is 4.49. The molecule has 1 saturated heterocycles. The Balaban J connectivity index is 1.86. The summed E-state index contributed by atoms with van der Waals surface area (Å²) in [6.07, 6.45) is 4.43. The molecule has 1 atom stereocenters. The largest absolute Gasteiger partial charge is 0.396 e. The average molecular weight is 220 g/mol. The van der Waals surface area contributed by atoms with Crippen LogP contribution in [-0.2, 0) is 0 Å². The highest BCUT2D eigenvalue weighted by molar-refractivity contribution is 5.60. The van der Waals surface area contributed by atoms with E-state index in [4.69, 9.17) is 5.73 Å². The van der Waals surface area contributed by atoms with Crippen molar-refractivity contribution >= 4 is 11.5 Å². The predicted octanol–water partition coefficient (Wildman–Crippen LogP) is 1.56. The Morgan fingerprint density at radius 2 is 2.25 bits per heavy atom. The molecule has 0 aliphatic carbocycles. The lowest BCUT2D eigenvalue weighted by atomic mass is 10.3. The third-order valence-corrected chi connectivity index (χ3v) is 2.95. The molecule has 0 amide bonds. The molecular weight excluding hydrogens is 200 g/mol. The second-order valence-electron chi connectivity index (χ2n) is 4.49. The number of rotatable bonds is 4. The summed E-state index contributed by atoms with van der Waals surface area (Å²) in [5.74, 6) is 0.800. The number of likely N-dealkylation sites (tertiary alicyclic amines) is 1. The molecule has 3 N–H and O–H groups in total.